The summed E-state index contributed by atoms with van der Waals surface area (Å²) in [4.78, 5) is 11.7. The monoisotopic (exact) mass is 333 g/mol. The minimum atomic E-state index is -0.665. The number of nitrogens with zero attached hydrogens (tertiary/aromatic N) is 1. The van der Waals surface area contributed by atoms with Gasteiger partial charge in [0.15, 0.2) is 0 Å². The molecule has 3 nitrogen and oxygen atoms in total. The molecule has 2 heterocycles. The van der Waals surface area contributed by atoms with Crippen LogP contribution in [0.5, 0.6) is 0 Å². The first kappa shape index (κ1) is 12.5. The molecule has 0 saturated heterocycles. The number of hydrogen-bond donors (Lipinski definition) is 1. The van der Waals surface area contributed by atoms with Crippen molar-refractivity contribution in [3.63, 3.8) is 0 Å². The number of carbonyl (C=O) groups is 1. The second kappa shape index (κ2) is 4.10. The van der Waals surface area contributed by atoms with E-state index in [-0.39, 0.29) is 0 Å². The SMILES string of the molecule is O=C(O)C1(c2cc3c4c(c2)c(Br)cn4CCC3)CCC1. The van der Waals surface area contributed by atoms with Gasteiger partial charge in [-0.05, 0) is 58.8 Å². The molecule has 2 aliphatic rings. The quantitative estimate of drug-likeness (QED) is 0.906. The molecular formula is C16H16BrNO2. The third-order valence-electron chi connectivity index (χ3n) is 5.02. The van der Waals surface area contributed by atoms with E-state index in [1.807, 2.05) is 0 Å². The van der Waals surface area contributed by atoms with E-state index in [0.717, 1.165) is 48.7 Å². The molecule has 1 N–H and O–H groups in total. The third-order valence-corrected chi connectivity index (χ3v) is 5.65. The lowest BCUT2D eigenvalue weighted by Crippen LogP contribution is -2.42. The van der Waals surface area contributed by atoms with Crippen molar-refractivity contribution in [2.45, 2.75) is 44.1 Å². The van der Waals surface area contributed by atoms with Crippen LogP contribution in [0.4, 0.5) is 0 Å². The number of aromatic nitrogens is 1. The maximum atomic E-state index is 11.7. The Morgan fingerprint density at radius 1 is 1.30 bits per heavy atom. The summed E-state index contributed by atoms with van der Waals surface area (Å²) < 4.78 is 3.37. The van der Waals surface area contributed by atoms with Crippen LogP contribution in [0.3, 0.4) is 0 Å². The van der Waals surface area contributed by atoms with E-state index in [4.69, 9.17) is 0 Å². The maximum absolute atomic E-state index is 11.7. The lowest BCUT2D eigenvalue weighted by atomic mass is 9.64. The zero-order valence-electron chi connectivity index (χ0n) is 11.2. The summed E-state index contributed by atoms with van der Waals surface area (Å²) in [7, 11) is 0. The largest absolute Gasteiger partial charge is 0.481 e. The van der Waals surface area contributed by atoms with Crippen molar-refractivity contribution in [3.05, 3.63) is 33.9 Å². The van der Waals surface area contributed by atoms with Gasteiger partial charge in [-0.25, -0.2) is 0 Å². The number of benzene rings is 1. The van der Waals surface area contributed by atoms with Crippen molar-refractivity contribution < 1.29 is 9.90 Å². The Kier molecular flexibility index (Phi) is 2.56. The smallest absolute Gasteiger partial charge is 0.314 e. The molecule has 20 heavy (non-hydrogen) atoms. The first-order valence-electron chi connectivity index (χ1n) is 7.17. The van der Waals surface area contributed by atoms with Gasteiger partial charge >= 0.3 is 5.97 Å². The fourth-order valence-corrected chi connectivity index (χ4v) is 4.28. The molecule has 0 unspecified atom stereocenters. The topological polar surface area (TPSA) is 42.2 Å². The van der Waals surface area contributed by atoms with Gasteiger partial charge in [0.05, 0.1) is 10.9 Å². The predicted molar refractivity (Wildman–Crippen MR) is 81.1 cm³/mol. The van der Waals surface area contributed by atoms with Crippen LogP contribution in [0.25, 0.3) is 10.9 Å². The molecule has 1 fully saturated rings. The molecule has 4 rings (SSSR count). The Bertz CT molecular complexity index is 728. The van der Waals surface area contributed by atoms with Gasteiger partial charge in [0, 0.05) is 22.6 Å². The average Bonchev–Trinajstić information content (AvgIpc) is 2.66. The minimum absolute atomic E-state index is 0.635. The van der Waals surface area contributed by atoms with Crippen LogP contribution in [0, 0.1) is 0 Å². The first-order valence-corrected chi connectivity index (χ1v) is 7.96. The van der Waals surface area contributed by atoms with Crippen LogP contribution in [0.15, 0.2) is 22.8 Å². The van der Waals surface area contributed by atoms with Gasteiger partial charge in [0.25, 0.3) is 0 Å². The standard InChI is InChI=1S/C16H16BrNO2/c17-13-9-18-6-1-3-10-7-11(8-12(13)14(10)18)16(15(19)20)4-2-5-16/h7-9H,1-6H2,(H,19,20). The van der Waals surface area contributed by atoms with E-state index in [1.165, 1.54) is 16.5 Å². The van der Waals surface area contributed by atoms with E-state index in [1.54, 1.807) is 0 Å². The van der Waals surface area contributed by atoms with Gasteiger partial charge in [-0.2, -0.15) is 0 Å². The summed E-state index contributed by atoms with van der Waals surface area (Å²) in [6.45, 7) is 1.05. The molecule has 0 bridgehead atoms. The number of rotatable bonds is 2. The summed E-state index contributed by atoms with van der Waals surface area (Å²) in [5.41, 5.74) is 2.96. The second-order valence-corrected chi connectivity index (χ2v) is 6.90. The molecule has 2 aromatic rings. The molecule has 0 atom stereocenters. The third kappa shape index (κ3) is 1.48. The van der Waals surface area contributed by atoms with Crippen LogP contribution in [0.2, 0.25) is 0 Å². The molecule has 1 aromatic carbocycles. The van der Waals surface area contributed by atoms with Crippen molar-refractivity contribution in [2.24, 2.45) is 0 Å². The summed E-state index contributed by atoms with van der Waals surface area (Å²) >= 11 is 3.63. The Balaban J connectivity index is 1.99. The molecule has 4 heteroatoms. The summed E-state index contributed by atoms with van der Waals surface area (Å²) in [6.07, 6.45) is 6.87. The van der Waals surface area contributed by atoms with Crippen molar-refractivity contribution in [1.82, 2.24) is 4.57 Å². The Morgan fingerprint density at radius 2 is 2.10 bits per heavy atom. The van der Waals surface area contributed by atoms with E-state index < -0.39 is 11.4 Å². The lowest BCUT2D eigenvalue weighted by molar-refractivity contribution is -0.147. The van der Waals surface area contributed by atoms with Crippen molar-refractivity contribution in [1.29, 1.82) is 0 Å². The average molecular weight is 334 g/mol. The van der Waals surface area contributed by atoms with E-state index >= 15 is 0 Å². The van der Waals surface area contributed by atoms with Crippen LogP contribution in [-0.2, 0) is 23.2 Å². The maximum Gasteiger partial charge on any atom is 0.314 e. The fourth-order valence-electron chi connectivity index (χ4n) is 3.73. The normalized spacial score (nSPS) is 19.9. The number of aliphatic carboxylic acids is 1. The Hall–Kier alpha value is -1.29. The van der Waals surface area contributed by atoms with Gasteiger partial charge in [0.2, 0.25) is 0 Å². The predicted octanol–water partition coefficient (Wildman–Crippen LogP) is 3.86. The minimum Gasteiger partial charge on any atom is -0.481 e. The van der Waals surface area contributed by atoms with E-state index in [9.17, 15) is 9.90 Å². The molecule has 104 valence electrons. The molecule has 0 spiro atoms. The highest BCUT2D eigenvalue weighted by Gasteiger charge is 2.46. The van der Waals surface area contributed by atoms with E-state index in [0.29, 0.717) is 0 Å². The number of halogens is 1. The highest BCUT2D eigenvalue weighted by Crippen LogP contribution is 2.46. The van der Waals surface area contributed by atoms with Crippen LogP contribution in [-0.4, -0.2) is 15.6 Å². The van der Waals surface area contributed by atoms with Gasteiger partial charge in [-0.15, -0.1) is 0 Å². The Morgan fingerprint density at radius 3 is 2.75 bits per heavy atom. The summed E-state index contributed by atoms with van der Waals surface area (Å²) in [5.74, 6) is -0.665. The van der Waals surface area contributed by atoms with Crippen molar-refractivity contribution >= 4 is 32.8 Å². The zero-order chi connectivity index (χ0) is 13.9. The molecular weight excluding hydrogens is 318 g/mol. The number of hydrogen-bond acceptors (Lipinski definition) is 1. The fraction of sp³-hybridized carbons (Fsp3) is 0.438. The summed E-state index contributed by atoms with van der Waals surface area (Å²) in [6, 6.07) is 4.25. The molecule has 1 aliphatic heterocycles. The van der Waals surface area contributed by atoms with Crippen LogP contribution < -0.4 is 0 Å². The number of carboxylic acid groups (broad SMARTS) is 1. The number of aryl methyl sites for hydroxylation is 2. The number of carboxylic acids is 1. The molecule has 0 radical (unpaired) electrons. The molecule has 1 saturated carbocycles. The van der Waals surface area contributed by atoms with Gasteiger partial charge < -0.3 is 9.67 Å². The Labute approximate surface area is 125 Å². The van der Waals surface area contributed by atoms with Crippen molar-refractivity contribution in [3.8, 4) is 0 Å². The van der Waals surface area contributed by atoms with Crippen LogP contribution >= 0.6 is 15.9 Å². The second-order valence-electron chi connectivity index (χ2n) is 6.05. The summed E-state index contributed by atoms with van der Waals surface area (Å²) in [5, 5.41) is 10.8. The highest BCUT2D eigenvalue weighted by atomic mass is 79.9. The first-order chi connectivity index (χ1) is 9.62. The van der Waals surface area contributed by atoms with E-state index in [2.05, 4.69) is 38.8 Å². The zero-order valence-corrected chi connectivity index (χ0v) is 12.7. The van der Waals surface area contributed by atoms with Crippen LogP contribution in [0.1, 0.15) is 36.8 Å². The molecule has 0 amide bonds. The lowest BCUT2D eigenvalue weighted by Gasteiger charge is -2.38. The molecule has 1 aliphatic carbocycles. The van der Waals surface area contributed by atoms with Crippen molar-refractivity contribution in [2.75, 3.05) is 0 Å². The van der Waals surface area contributed by atoms with Gasteiger partial charge in [0.1, 0.15) is 0 Å². The van der Waals surface area contributed by atoms with Gasteiger partial charge in [-0.3, -0.25) is 4.79 Å². The molecule has 1 aromatic heterocycles. The highest BCUT2D eigenvalue weighted by molar-refractivity contribution is 9.10. The van der Waals surface area contributed by atoms with Gasteiger partial charge in [-0.1, -0.05) is 12.5 Å².